The molecule has 0 saturated heterocycles. The van der Waals surface area contributed by atoms with Crippen LogP contribution in [-0.2, 0) is 12.8 Å². The van der Waals surface area contributed by atoms with E-state index in [-0.39, 0.29) is 0 Å². The van der Waals surface area contributed by atoms with Gasteiger partial charge in [-0.1, -0.05) is 31.2 Å². The SMILES string of the molecule is CCCN(CCCC1(O)C=CC(O)C=C1)C1CCc2nc(N)sc2C1. The highest BCUT2D eigenvalue weighted by Gasteiger charge is 2.28. The smallest absolute Gasteiger partial charge is 0.180 e. The van der Waals surface area contributed by atoms with Crippen molar-refractivity contribution in [3.8, 4) is 0 Å². The minimum atomic E-state index is -0.914. The van der Waals surface area contributed by atoms with Gasteiger partial charge >= 0.3 is 0 Å². The molecule has 0 aliphatic heterocycles. The van der Waals surface area contributed by atoms with E-state index in [4.69, 9.17) is 5.73 Å². The molecule has 4 N–H and O–H groups in total. The zero-order chi connectivity index (χ0) is 17.9. The van der Waals surface area contributed by atoms with E-state index in [1.54, 1.807) is 35.6 Å². The number of aromatic nitrogens is 1. The molecule has 5 nitrogen and oxygen atoms in total. The molecule has 2 aliphatic rings. The molecule has 0 bridgehead atoms. The number of aliphatic hydroxyl groups excluding tert-OH is 1. The lowest BCUT2D eigenvalue weighted by atomic mass is 9.91. The Bertz CT molecular complexity index is 627. The van der Waals surface area contributed by atoms with Crippen molar-refractivity contribution in [3.05, 3.63) is 34.9 Å². The number of aliphatic hydroxyl groups is 2. The molecule has 0 amide bonds. The monoisotopic (exact) mass is 363 g/mol. The lowest BCUT2D eigenvalue weighted by Gasteiger charge is -2.34. The van der Waals surface area contributed by atoms with Gasteiger partial charge in [0.05, 0.1) is 11.8 Å². The zero-order valence-corrected chi connectivity index (χ0v) is 15.7. The van der Waals surface area contributed by atoms with E-state index in [1.165, 1.54) is 10.6 Å². The van der Waals surface area contributed by atoms with Crippen molar-refractivity contribution in [1.29, 1.82) is 0 Å². The highest BCUT2D eigenvalue weighted by molar-refractivity contribution is 7.15. The van der Waals surface area contributed by atoms with Gasteiger partial charge in [-0.2, -0.15) is 0 Å². The minimum absolute atomic E-state index is 0.543. The van der Waals surface area contributed by atoms with Crippen molar-refractivity contribution in [2.75, 3.05) is 18.8 Å². The molecule has 1 aromatic heterocycles. The standard InChI is InChI=1S/C19H29N3O2S/c1-2-11-22(12-3-8-19(24)9-6-15(23)7-10-19)14-4-5-16-17(13-14)25-18(20)21-16/h6-7,9-10,14-15,23-24H,2-5,8,11-13H2,1H3,(H2,20,21). The second-order valence-corrected chi connectivity index (χ2v) is 8.27. The van der Waals surface area contributed by atoms with Crippen molar-refractivity contribution in [1.82, 2.24) is 9.88 Å². The van der Waals surface area contributed by atoms with Crippen molar-refractivity contribution in [2.45, 2.75) is 63.2 Å². The number of nitrogens with two attached hydrogens (primary N) is 1. The predicted molar refractivity (Wildman–Crippen MR) is 103 cm³/mol. The average molecular weight is 364 g/mol. The quantitative estimate of drug-likeness (QED) is 0.648. The molecule has 6 heteroatoms. The summed E-state index contributed by atoms with van der Waals surface area (Å²) in [6.45, 7) is 4.28. The van der Waals surface area contributed by atoms with Gasteiger partial charge in [-0.3, -0.25) is 0 Å². The third-order valence-corrected chi connectivity index (χ3v) is 6.09. The largest absolute Gasteiger partial charge is 0.385 e. The molecule has 0 saturated carbocycles. The van der Waals surface area contributed by atoms with E-state index in [1.807, 2.05) is 0 Å². The number of hydrogen-bond acceptors (Lipinski definition) is 6. The molecular formula is C19H29N3O2S. The van der Waals surface area contributed by atoms with E-state index in [9.17, 15) is 10.2 Å². The molecule has 1 heterocycles. The van der Waals surface area contributed by atoms with Crippen LogP contribution in [0.5, 0.6) is 0 Å². The van der Waals surface area contributed by atoms with Crippen LogP contribution in [0, 0.1) is 0 Å². The van der Waals surface area contributed by atoms with Crippen molar-refractivity contribution in [2.24, 2.45) is 0 Å². The lowest BCUT2D eigenvalue weighted by Crippen LogP contribution is -2.41. The molecular weight excluding hydrogens is 334 g/mol. The van der Waals surface area contributed by atoms with Gasteiger partial charge < -0.3 is 20.8 Å². The van der Waals surface area contributed by atoms with Crippen LogP contribution in [-0.4, -0.2) is 50.9 Å². The molecule has 1 unspecified atom stereocenters. The van der Waals surface area contributed by atoms with Gasteiger partial charge in [0, 0.05) is 10.9 Å². The van der Waals surface area contributed by atoms with Crippen LogP contribution in [0.1, 0.15) is 43.2 Å². The first-order valence-electron chi connectivity index (χ1n) is 9.26. The van der Waals surface area contributed by atoms with Crippen molar-refractivity contribution in [3.63, 3.8) is 0 Å². The topological polar surface area (TPSA) is 82.6 Å². The number of aryl methyl sites for hydroxylation is 1. The second kappa shape index (κ2) is 7.99. The van der Waals surface area contributed by atoms with Crippen LogP contribution in [0.15, 0.2) is 24.3 Å². The van der Waals surface area contributed by atoms with Gasteiger partial charge in [0.1, 0.15) is 5.60 Å². The van der Waals surface area contributed by atoms with Gasteiger partial charge in [-0.15, -0.1) is 11.3 Å². The summed E-state index contributed by atoms with van der Waals surface area (Å²) in [5, 5.41) is 20.7. The average Bonchev–Trinajstić information content (AvgIpc) is 2.96. The van der Waals surface area contributed by atoms with E-state index in [0.717, 1.165) is 45.2 Å². The fourth-order valence-corrected chi connectivity index (χ4v) is 4.79. The van der Waals surface area contributed by atoms with Gasteiger partial charge in [0.25, 0.3) is 0 Å². The summed E-state index contributed by atoms with van der Waals surface area (Å²) in [6, 6.07) is 0.543. The van der Waals surface area contributed by atoms with Crippen LogP contribution in [0.4, 0.5) is 5.13 Å². The highest BCUT2D eigenvalue weighted by atomic mass is 32.1. The van der Waals surface area contributed by atoms with Crippen LogP contribution < -0.4 is 5.73 Å². The number of fused-ring (bicyclic) bond motifs is 1. The molecule has 1 atom stereocenters. The predicted octanol–water partition coefficient (Wildman–Crippen LogP) is 2.29. The summed E-state index contributed by atoms with van der Waals surface area (Å²) < 4.78 is 0. The fourth-order valence-electron chi connectivity index (χ4n) is 3.84. The van der Waals surface area contributed by atoms with Gasteiger partial charge in [-0.25, -0.2) is 4.98 Å². The highest BCUT2D eigenvalue weighted by Crippen LogP contribution is 2.31. The number of thiazole rings is 1. The van der Waals surface area contributed by atoms with E-state index in [0.29, 0.717) is 17.6 Å². The normalized spacial score (nSPS) is 28.5. The Morgan fingerprint density at radius 2 is 2.12 bits per heavy atom. The van der Waals surface area contributed by atoms with Gasteiger partial charge in [-0.05, 0) is 51.6 Å². The molecule has 3 rings (SSSR count). The zero-order valence-electron chi connectivity index (χ0n) is 14.9. The first-order chi connectivity index (χ1) is 12.0. The Morgan fingerprint density at radius 3 is 2.84 bits per heavy atom. The van der Waals surface area contributed by atoms with Crippen LogP contribution in [0.3, 0.4) is 0 Å². The van der Waals surface area contributed by atoms with Crippen LogP contribution >= 0.6 is 11.3 Å². The van der Waals surface area contributed by atoms with E-state index >= 15 is 0 Å². The minimum Gasteiger partial charge on any atom is -0.385 e. The third-order valence-electron chi connectivity index (χ3n) is 5.14. The molecule has 0 aromatic carbocycles. The number of nitrogens with zero attached hydrogens (tertiary/aromatic N) is 2. The molecule has 1 aromatic rings. The first kappa shape index (κ1) is 18.6. The maximum atomic E-state index is 10.6. The summed E-state index contributed by atoms with van der Waals surface area (Å²) >= 11 is 1.63. The van der Waals surface area contributed by atoms with E-state index < -0.39 is 11.7 Å². The Morgan fingerprint density at radius 1 is 1.36 bits per heavy atom. The number of nitrogen functional groups attached to an aromatic ring is 1. The van der Waals surface area contributed by atoms with Gasteiger partial charge in [0.15, 0.2) is 5.13 Å². The summed E-state index contributed by atoms with van der Waals surface area (Å²) in [5.74, 6) is 0. The summed E-state index contributed by atoms with van der Waals surface area (Å²) in [7, 11) is 0. The van der Waals surface area contributed by atoms with Crippen LogP contribution in [0.25, 0.3) is 0 Å². The summed E-state index contributed by atoms with van der Waals surface area (Å²) in [5.41, 5.74) is 6.14. The molecule has 0 spiro atoms. The van der Waals surface area contributed by atoms with Crippen LogP contribution in [0.2, 0.25) is 0 Å². The lowest BCUT2D eigenvalue weighted by molar-refractivity contribution is 0.109. The Labute approximate surface area is 153 Å². The summed E-state index contributed by atoms with van der Waals surface area (Å²) in [4.78, 5) is 8.35. The van der Waals surface area contributed by atoms with Crippen molar-refractivity contribution >= 4 is 16.5 Å². The van der Waals surface area contributed by atoms with Crippen molar-refractivity contribution < 1.29 is 10.2 Å². The molecule has 0 radical (unpaired) electrons. The maximum absolute atomic E-state index is 10.6. The number of hydrogen-bond donors (Lipinski definition) is 3. The van der Waals surface area contributed by atoms with E-state index in [2.05, 4.69) is 16.8 Å². The first-order valence-corrected chi connectivity index (χ1v) is 10.1. The number of rotatable bonds is 7. The molecule has 25 heavy (non-hydrogen) atoms. The van der Waals surface area contributed by atoms with Gasteiger partial charge in [0.2, 0.25) is 0 Å². The molecule has 2 aliphatic carbocycles. The second-order valence-electron chi connectivity index (χ2n) is 7.16. The fraction of sp³-hybridized carbons (Fsp3) is 0.632. The Kier molecular flexibility index (Phi) is 5.94. The third kappa shape index (κ3) is 4.70. The Balaban J connectivity index is 1.55. The summed E-state index contributed by atoms with van der Waals surface area (Å²) in [6.07, 6.45) is 12.1. The molecule has 0 fully saturated rings. The molecule has 138 valence electrons. The number of anilines is 1. The Hall–Kier alpha value is -1.21. The maximum Gasteiger partial charge on any atom is 0.180 e.